The normalized spacial score (nSPS) is 16.4. The molecule has 212 valence electrons. The molecule has 0 saturated carbocycles. The maximum absolute atomic E-state index is 14.2. The van der Waals surface area contributed by atoms with Crippen molar-refractivity contribution in [2.24, 2.45) is 5.92 Å². The van der Waals surface area contributed by atoms with Crippen molar-refractivity contribution in [3.63, 3.8) is 0 Å². The zero-order chi connectivity index (χ0) is 28.5. The number of furan rings is 1. The molecular formula is C30H32BrNO8. The van der Waals surface area contributed by atoms with Crippen LogP contribution in [-0.2, 0) is 36.6 Å². The van der Waals surface area contributed by atoms with Gasteiger partial charge in [0.05, 0.1) is 23.6 Å². The summed E-state index contributed by atoms with van der Waals surface area (Å²) in [7, 11) is 0. The number of rotatable bonds is 13. The van der Waals surface area contributed by atoms with Crippen LogP contribution in [0.5, 0.6) is 0 Å². The van der Waals surface area contributed by atoms with Gasteiger partial charge in [0, 0.05) is 20.0 Å². The van der Waals surface area contributed by atoms with E-state index in [1.807, 2.05) is 60.7 Å². The van der Waals surface area contributed by atoms with Crippen molar-refractivity contribution < 1.29 is 38.1 Å². The van der Waals surface area contributed by atoms with Gasteiger partial charge in [-0.1, -0.05) is 60.7 Å². The number of hydrogen-bond donors (Lipinski definition) is 1. The number of imide groups is 1. The van der Waals surface area contributed by atoms with Gasteiger partial charge in [-0.25, -0.2) is 9.69 Å². The van der Waals surface area contributed by atoms with Crippen molar-refractivity contribution in [2.45, 2.75) is 38.3 Å². The highest BCUT2D eigenvalue weighted by Gasteiger charge is 2.46. The molecule has 2 heterocycles. The predicted molar refractivity (Wildman–Crippen MR) is 148 cm³/mol. The molecule has 0 spiro atoms. The number of carbonyl (C=O) groups is 3. The quantitative estimate of drug-likeness (QED) is 0.207. The summed E-state index contributed by atoms with van der Waals surface area (Å²) in [5, 5.41) is 8.89. The van der Waals surface area contributed by atoms with E-state index in [1.54, 1.807) is 6.07 Å². The number of amides is 2. The summed E-state index contributed by atoms with van der Waals surface area (Å²) in [5.74, 6) is -1.22. The van der Waals surface area contributed by atoms with E-state index in [1.165, 1.54) is 6.92 Å². The fraction of sp³-hybridized carbons (Fsp3) is 0.367. The average Bonchev–Trinajstić information content (AvgIpc) is 3.53. The Hall–Kier alpha value is -3.47. The summed E-state index contributed by atoms with van der Waals surface area (Å²) in [6.07, 6.45) is -0.515. The van der Waals surface area contributed by atoms with Gasteiger partial charge in [0.15, 0.2) is 6.10 Å². The van der Waals surface area contributed by atoms with Crippen molar-refractivity contribution in [1.82, 2.24) is 4.90 Å². The molecule has 9 nitrogen and oxygen atoms in total. The number of ether oxygens (including phenoxy) is 3. The Morgan fingerprint density at radius 2 is 1.80 bits per heavy atom. The van der Waals surface area contributed by atoms with Crippen LogP contribution in [0.15, 0.2) is 75.6 Å². The van der Waals surface area contributed by atoms with Crippen LogP contribution in [-0.4, -0.2) is 54.4 Å². The fourth-order valence-electron chi connectivity index (χ4n) is 4.71. The highest BCUT2D eigenvalue weighted by atomic mass is 79.9. The number of cyclic esters (lactones) is 1. The van der Waals surface area contributed by atoms with Crippen LogP contribution in [0.25, 0.3) is 0 Å². The first kappa shape index (κ1) is 29.5. The lowest BCUT2D eigenvalue weighted by atomic mass is 9.90. The maximum atomic E-state index is 14.2. The average molecular weight is 614 g/mol. The molecule has 3 unspecified atom stereocenters. The molecule has 40 heavy (non-hydrogen) atoms. The Labute approximate surface area is 241 Å². The van der Waals surface area contributed by atoms with Crippen LogP contribution in [0.1, 0.15) is 48.1 Å². The number of aliphatic hydroxyl groups excluding tert-OH is 1. The number of esters is 1. The van der Waals surface area contributed by atoms with Crippen LogP contribution in [0.2, 0.25) is 0 Å². The molecule has 1 aromatic heterocycles. The monoisotopic (exact) mass is 613 g/mol. The number of carbonyl (C=O) groups excluding carboxylic acids is 3. The van der Waals surface area contributed by atoms with Crippen LogP contribution < -0.4 is 0 Å². The standard InChI is InChI=1S/C30H32BrNO8/c1-20(34)39-28(27-18-24(31)26(40-27)13-8-15-37-16-14-33)23(17-21-9-4-2-5-10-21)29(35)32-25(19-38-30(32)36)22-11-6-3-7-12-22/h2-7,9-12,18,23,25,28,33H,8,13-17,19H2,1H3. The van der Waals surface area contributed by atoms with E-state index in [4.69, 9.17) is 23.7 Å². The van der Waals surface area contributed by atoms with E-state index in [-0.39, 0.29) is 32.0 Å². The molecule has 10 heteroatoms. The van der Waals surface area contributed by atoms with Crippen molar-refractivity contribution in [3.8, 4) is 0 Å². The smallest absolute Gasteiger partial charge is 0.417 e. The molecule has 3 atom stereocenters. The molecule has 1 aliphatic rings. The minimum Gasteiger partial charge on any atom is -0.461 e. The van der Waals surface area contributed by atoms with Crippen molar-refractivity contribution in [3.05, 3.63) is 93.9 Å². The summed E-state index contributed by atoms with van der Waals surface area (Å²) in [6, 6.07) is 19.6. The van der Waals surface area contributed by atoms with Crippen LogP contribution in [0.4, 0.5) is 4.79 Å². The minimum atomic E-state index is -1.11. The van der Waals surface area contributed by atoms with Crippen molar-refractivity contribution in [1.29, 1.82) is 0 Å². The Bertz CT molecular complexity index is 1280. The van der Waals surface area contributed by atoms with E-state index in [0.29, 0.717) is 29.7 Å². The van der Waals surface area contributed by atoms with E-state index in [9.17, 15) is 14.4 Å². The second kappa shape index (κ2) is 14.2. The van der Waals surface area contributed by atoms with Crippen LogP contribution in [0, 0.1) is 5.92 Å². The van der Waals surface area contributed by atoms with E-state index in [0.717, 1.165) is 16.0 Å². The lowest BCUT2D eigenvalue weighted by Gasteiger charge is -2.29. The van der Waals surface area contributed by atoms with Gasteiger partial charge >= 0.3 is 12.1 Å². The molecule has 3 aromatic rings. The van der Waals surface area contributed by atoms with E-state index in [2.05, 4.69) is 15.9 Å². The third-order valence-electron chi connectivity index (χ3n) is 6.55. The zero-order valence-corrected chi connectivity index (χ0v) is 23.7. The Kier molecular flexibility index (Phi) is 10.5. The molecule has 1 fully saturated rings. The van der Waals surface area contributed by atoms with Gasteiger partial charge < -0.3 is 23.7 Å². The van der Waals surface area contributed by atoms with Crippen molar-refractivity contribution >= 4 is 33.9 Å². The summed E-state index contributed by atoms with van der Waals surface area (Å²) in [6.45, 7) is 1.94. The lowest BCUT2D eigenvalue weighted by Crippen LogP contribution is -2.42. The predicted octanol–water partition coefficient (Wildman–Crippen LogP) is 5.17. The molecule has 1 aliphatic heterocycles. The van der Waals surface area contributed by atoms with Gasteiger partial charge in [0.2, 0.25) is 5.91 Å². The first-order valence-corrected chi connectivity index (χ1v) is 13.9. The van der Waals surface area contributed by atoms with Crippen LogP contribution in [0.3, 0.4) is 0 Å². The molecule has 2 amide bonds. The molecule has 0 bridgehead atoms. The number of aliphatic hydroxyl groups is 1. The summed E-state index contributed by atoms with van der Waals surface area (Å²) in [4.78, 5) is 40.6. The second-order valence-electron chi connectivity index (χ2n) is 9.40. The number of hydrogen-bond acceptors (Lipinski definition) is 8. The summed E-state index contributed by atoms with van der Waals surface area (Å²) in [5.41, 5.74) is 1.59. The second-order valence-corrected chi connectivity index (χ2v) is 10.3. The minimum absolute atomic E-state index is 0.0275. The highest BCUT2D eigenvalue weighted by Crippen LogP contribution is 2.38. The van der Waals surface area contributed by atoms with Gasteiger partial charge in [0.1, 0.15) is 24.2 Å². The number of halogens is 1. The Morgan fingerprint density at radius 3 is 2.48 bits per heavy atom. The summed E-state index contributed by atoms with van der Waals surface area (Å²) < 4.78 is 23.2. The first-order valence-electron chi connectivity index (χ1n) is 13.1. The van der Waals surface area contributed by atoms with E-state index < -0.39 is 36.0 Å². The fourth-order valence-corrected chi connectivity index (χ4v) is 5.22. The van der Waals surface area contributed by atoms with E-state index >= 15 is 0 Å². The van der Waals surface area contributed by atoms with Gasteiger partial charge in [-0.3, -0.25) is 9.59 Å². The number of nitrogens with zero attached hydrogens (tertiary/aromatic N) is 1. The molecule has 4 rings (SSSR count). The third-order valence-corrected chi connectivity index (χ3v) is 7.22. The molecule has 0 radical (unpaired) electrons. The van der Waals surface area contributed by atoms with Gasteiger partial charge in [0.25, 0.3) is 0 Å². The zero-order valence-electron chi connectivity index (χ0n) is 22.2. The molecule has 0 aliphatic carbocycles. The molecular weight excluding hydrogens is 582 g/mol. The van der Waals surface area contributed by atoms with Gasteiger partial charge in [-0.2, -0.15) is 0 Å². The number of benzene rings is 2. The SMILES string of the molecule is CC(=O)OC(c1cc(Br)c(CCCOCCO)o1)C(Cc1ccccc1)C(=O)N1C(=O)OCC1c1ccccc1. The largest absolute Gasteiger partial charge is 0.461 e. The molecule has 1 saturated heterocycles. The molecule has 2 aromatic carbocycles. The van der Waals surface area contributed by atoms with Gasteiger partial charge in [-0.15, -0.1) is 0 Å². The van der Waals surface area contributed by atoms with Crippen molar-refractivity contribution in [2.75, 3.05) is 26.4 Å². The third kappa shape index (κ3) is 7.38. The van der Waals surface area contributed by atoms with Gasteiger partial charge in [-0.05, 0) is 46.0 Å². The van der Waals surface area contributed by atoms with Crippen LogP contribution >= 0.6 is 15.9 Å². The lowest BCUT2D eigenvalue weighted by molar-refractivity contribution is -0.155. The molecule has 1 N–H and O–H groups in total. The maximum Gasteiger partial charge on any atom is 0.417 e. The number of aryl methyl sites for hydroxylation is 1. The Balaban J connectivity index is 1.68. The first-order chi connectivity index (χ1) is 19.4. The topological polar surface area (TPSA) is 116 Å². The Morgan fingerprint density at radius 1 is 1.10 bits per heavy atom. The summed E-state index contributed by atoms with van der Waals surface area (Å²) >= 11 is 3.52. The highest BCUT2D eigenvalue weighted by molar-refractivity contribution is 9.10.